The zero-order valence-electron chi connectivity index (χ0n) is 19.1. The van der Waals surface area contributed by atoms with Crippen molar-refractivity contribution in [1.29, 1.82) is 0 Å². The second-order valence-electron chi connectivity index (χ2n) is 8.40. The van der Waals surface area contributed by atoms with Gasteiger partial charge < -0.3 is 14.4 Å². The summed E-state index contributed by atoms with van der Waals surface area (Å²) in [6.07, 6.45) is 2.56. The first-order valence-corrected chi connectivity index (χ1v) is 12.7. The number of para-hydroxylation sites is 2. The molecule has 0 aliphatic carbocycles. The van der Waals surface area contributed by atoms with Crippen molar-refractivity contribution < 1.29 is 22.7 Å². The number of amides is 1. The van der Waals surface area contributed by atoms with Crippen molar-refractivity contribution in [3.05, 3.63) is 54.1 Å². The molecule has 2 heterocycles. The molecule has 2 aliphatic rings. The molecule has 0 radical (unpaired) electrons. The number of methoxy groups -OCH3 is 1. The standard InChI is InChI=1S/C24H31N3O5S/c1-25(22-7-3-4-8-23(22)31-2)33(29,30)21-11-9-19(10-12-21)24(28)27-15-13-26(14-16-27)18-20-6-5-17-32-20/h3-4,7-12,20H,5-6,13-18H2,1-2H3. The largest absolute Gasteiger partial charge is 0.495 e. The van der Waals surface area contributed by atoms with Gasteiger partial charge >= 0.3 is 0 Å². The molecule has 0 saturated carbocycles. The number of sulfonamides is 1. The minimum absolute atomic E-state index is 0.0752. The molecular formula is C24H31N3O5S. The molecule has 0 bridgehead atoms. The van der Waals surface area contributed by atoms with Crippen LogP contribution in [0.25, 0.3) is 0 Å². The van der Waals surface area contributed by atoms with E-state index in [-0.39, 0.29) is 10.8 Å². The van der Waals surface area contributed by atoms with Gasteiger partial charge in [-0.25, -0.2) is 8.42 Å². The third-order valence-electron chi connectivity index (χ3n) is 6.33. The molecular weight excluding hydrogens is 442 g/mol. The Labute approximate surface area is 195 Å². The Morgan fingerprint density at radius 1 is 1.09 bits per heavy atom. The zero-order chi connectivity index (χ0) is 23.4. The first-order valence-electron chi connectivity index (χ1n) is 11.3. The van der Waals surface area contributed by atoms with E-state index in [0.29, 0.717) is 36.2 Å². The zero-order valence-corrected chi connectivity index (χ0v) is 20.0. The molecule has 1 unspecified atom stereocenters. The van der Waals surface area contributed by atoms with Crippen LogP contribution in [0.4, 0.5) is 5.69 Å². The molecule has 178 valence electrons. The third-order valence-corrected chi connectivity index (χ3v) is 8.12. The Morgan fingerprint density at radius 2 is 1.79 bits per heavy atom. The number of carbonyl (C=O) groups excluding carboxylic acids is 1. The summed E-state index contributed by atoms with van der Waals surface area (Å²) in [7, 11) is -0.810. The van der Waals surface area contributed by atoms with Gasteiger partial charge in [-0.3, -0.25) is 14.0 Å². The van der Waals surface area contributed by atoms with Crippen molar-refractivity contribution in [3.8, 4) is 5.75 Å². The Kier molecular flexibility index (Phi) is 7.21. The molecule has 0 N–H and O–H groups in total. The van der Waals surface area contributed by atoms with Gasteiger partial charge in [-0.2, -0.15) is 0 Å². The fourth-order valence-electron chi connectivity index (χ4n) is 4.34. The highest BCUT2D eigenvalue weighted by molar-refractivity contribution is 7.92. The maximum atomic E-state index is 13.1. The number of ether oxygens (including phenoxy) is 2. The van der Waals surface area contributed by atoms with Gasteiger partial charge in [0.2, 0.25) is 0 Å². The molecule has 2 aliphatic heterocycles. The van der Waals surface area contributed by atoms with Crippen LogP contribution in [0.2, 0.25) is 0 Å². The SMILES string of the molecule is COc1ccccc1N(C)S(=O)(=O)c1ccc(C(=O)N2CCN(CC3CCCO3)CC2)cc1. The number of carbonyl (C=O) groups is 1. The lowest BCUT2D eigenvalue weighted by molar-refractivity contribution is 0.0432. The highest BCUT2D eigenvalue weighted by atomic mass is 32.2. The number of anilines is 1. The fourth-order valence-corrected chi connectivity index (χ4v) is 5.55. The lowest BCUT2D eigenvalue weighted by Crippen LogP contribution is -2.50. The number of nitrogens with zero attached hydrogens (tertiary/aromatic N) is 3. The van der Waals surface area contributed by atoms with Gasteiger partial charge in [0.1, 0.15) is 5.75 Å². The van der Waals surface area contributed by atoms with E-state index in [2.05, 4.69) is 4.90 Å². The molecule has 2 fully saturated rings. The maximum Gasteiger partial charge on any atom is 0.264 e. The highest BCUT2D eigenvalue weighted by Crippen LogP contribution is 2.31. The van der Waals surface area contributed by atoms with Gasteiger partial charge in [-0.05, 0) is 49.2 Å². The molecule has 9 heteroatoms. The second-order valence-corrected chi connectivity index (χ2v) is 10.4. The summed E-state index contributed by atoms with van der Waals surface area (Å²) in [4.78, 5) is 17.3. The third kappa shape index (κ3) is 5.15. The monoisotopic (exact) mass is 473 g/mol. The van der Waals surface area contributed by atoms with Crippen LogP contribution in [-0.2, 0) is 14.8 Å². The Bertz CT molecular complexity index is 1060. The van der Waals surface area contributed by atoms with Gasteiger partial charge in [0, 0.05) is 51.9 Å². The Balaban J connectivity index is 1.40. The van der Waals surface area contributed by atoms with Gasteiger partial charge in [0.05, 0.1) is 23.8 Å². The molecule has 0 aromatic heterocycles. The van der Waals surface area contributed by atoms with Crippen LogP contribution in [0, 0.1) is 0 Å². The van der Waals surface area contributed by atoms with Crippen LogP contribution in [0.1, 0.15) is 23.2 Å². The summed E-state index contributed by atoms with van der Waals surface area (Å²) in [6, 6.07) is 13.1. The van der Waals surface area contributed by atoms with E-state index in [0.717, 1.165) is 39.1 Å². The molecule has 33 heavy (non-hydrogen) atoms. The van der Waals surface area contributed by atoms with Gasteiger partial charge in [-0.15, -0.1) is 0 Å². The van der Waals surface area contributed by atoms with Gasteiger partial charge in [0.25, 0.3) is 15.9 Å². The molecule has 4 rings (SSSR count). The molecule has 1 atom stereocenters. The quantitative estimate of drug-likeness (QED) is 0.615. The predicted molar refractivity (Wildman–Crippen MR) is 126 cm³/mol. The van der Waals surface area contributed by atoms with Gasteiger partial charge in [-0.1, -0.05) is 12.1 Å². The summed E-state index contributed by atoms with van der Waals surface area (Å²) in [5, 5.41) is 0. The van der Waals surface area contributed by atoms with E-state index in [1.807, 2.05) is 4.90 Å². The van der Waals surface area contributed by atoms with E-state index in [1.165, 1.54) is 30.6 Å². The van der Waals surface area contributed by atoms with Crippen molar-refractivity contribution >= 4 is 21.6 Å². The minimum atomic E-state index is -3.80. The van der Waals surface area contributed by atoms with E-state index in [9.17, 15) is 13.2 Å². The van der Waals surface area contributed by atoms with Crippen LogP contribution < -0.4 is 9.04 Å². The smallest absolute Gasteiger partial charge is 0.264 e. The molecule has 2 aromatic rings. The Morgan fingerprint density at radius 3 is 2.42 bits per heavy atom. The highest BCUT2D eigenvalue weighted by Gasteiger charge is 2.27. The Hall–Kier alpha value is -2.62. The molecule has 8 nitrogen and oxygen atoms in total. The molecule has 2 aromatic carbocycles. The summed E-state index contributed by atoms with van der Waals surface area (Å²) in [5.41, 5.74) is 0.933. The molecule has 2 saturated heterocycles. The summed E-state index contributed by atoms with van der Waals surface area (Å²) in [5.74, 6) is 0.391. The average Bonchev–Trinajstić information content (AvgIpc) is 3.36. The van der Waals surface area contributed by atoms with E-state index in [1.54, 1.807) is 36.4 Å². The normalized spacial score (nSPS) is 19.5. The van der Waals surface area contributed by atoms with Crippen LogP contribution >= 0.6 is 0 Å². The summed E-state index contributed by atoms with van der Waals surface area (Å²) in [6.45, 7) is 4.73. The number of rotatable bonds is 7. The topological polar surface area (TPSA) is 79.4 Å². The van der Waals surface area contributed by atoms with Crippen molar-refractivity contribution in [1.82, 2.24) is 9.80 Å². The number of hydrogen-bond donors (Lipinski definition) is 0. The number of hydrogen-bond acceptors (Lipinski definition) is 6. The van der Waals surface area contributed by atoms with E-state index < -0.39 is 10.0 Å². The van der Waals surface area contributed by atoms with Crippen LogP contribution in [0.5, 0.6) is 5.75 Å². The lowest BCUT2D eigenvalue weighted by Gasteiger charge is -2.35. The van der Waals surface area contributed by atoms with Crippen molar-refractivity contribution in [2.75, 3.05) is 57.8 Å². The van der Waals surface area contributed by atoms with Crippen molar-refractivity contribution in [2.24, 2.45) is 0 Å². The van der Waals surface area contributed by atoms with Crippen LogP contribution in [0.15, 0.2) is 53.4 Å². The summed E-state index contributed by atoms with van der Waals surface area (Å²) >= 11 is 0. The molecule has 1 amide bonds. The maximum absolute atomic E-state index is 13.1. The van der Waals surface area contributed by atoms with Crippen LogP contribution in [0.3, 0.4) is 0 Å². The fraction of sp³-hybridized carbons (Fsp3) is 0.458. The number of piperazine rings is 1. The minimum Gasteiger partial charge on any atom is -0.495 e. The summed E-state index contributed by atoms with van der Waals surface area (Å²) < 4.78 is 38.4. The van der Waals surface area contributed by atoms with E-state index in [4.69, 9.17) is 9.47 Å². The predicted octanol–water partition coefficient (Wildman–Crippen LogP) is 2.46. The first-order chi connectivity index (χ1) is 15.9. The average molecular weight is 474 g/mol. The van der Waals surface area contributed by atoms with Crippen LogP contribution in [-0.4, -0.2) is 83.7 Å². The lowest BCUT2D eigenvalue weighted by atomic mass is 10.1. The second kappa shape index (κ2) is 10.1. The van der Waals surface area contributed by atoms with E-state index >= 15 is 0 Å². The first kappa shape index (κ1) is 23.5. The van der Waals surface area contributed by atoms with Crippen molar-refractivity contribution in [2.45, 2.75) is 23.8 Å². The molecule has 0 spiro atoms. The van der Waals surface area contributed by atoms with Crippen molar-refractivity contribution in [3.63, 3.8) is 0 Å². The number of benzene rings is 2. The van der Waals surface area contributed by atoms with Gasteiger partial charge in [0.15, 0.2) is 0 Å².